The second-order valence-corrected chi connectivity index (χ2v) is 8.49. The van der Waals surface area contributed by atoms with E-state index in [0.717, 1.165) is 18.8 Å². The molecule has 136 valence electrons. The second kappa shape index (κ2) is 7.13. The molecule has 0 saturated carbocycles. The summed E-state index contributed by atoms with van der Waals surface area (Å²) in [7, 11) is -3.53. The van der Waals surface area contributed by atoms with Crippen LogP contribution in [0.2, 0.25) is 0 Å². The van der Waals surface area contributed by atoms with Crippen LogP contribution in [0.3, 0.4) is 0 Å². The molecule has 0 aromatic carbocycles. The molecule has 0 N–H and O–H groups in total. The number of pyridine rings is 1. The third-order valence-electron chi connectivity index (χ3n) is 4.45. The van der Waals surface area contributed by atoms with E-state index in [1.165, 1.54) is 0 Å². The lowest BCUT2D eigenvalue weighted by molar-refractivity contribution is 0.432. The Morgan fingerprint density at radius 1 is 1.12 bits per heavy atom. The minimum Gasteiger partial charge on any atom is -0.355 e. The van der Waals surface area contributed by atoms with Crippen LogP contribution < -0.4 is 4.90 Å². The first-order valence-electron chi connectivity index (χ1n) is 8.61. The smallest absolute Gasteiger partial charge is 0.246 e. The molecular formula is C17H25N5O2S. The first-order valence-corrected chi connectivity index (χ1v) is 10.1. The maximum Gasteiger partial charge on any atom is 0.246 e. The van der Waals surface area contributed by atoms with Gasteiger partial charge in [-0.25, -0.2) is 13.4 Å². The van der Waals surface area contributed by atoms with Crippen LogP contribution in [-0.4, -0.2) is 53.7 Å². The van der Waals surface area contributed by atoms with E-state index in [2.05, 4.69) is 15.0 Å². The minimum atomic E-state index is -3.53. The van der Waals surface area contributed by atoms with Crippen LogP contribution in [0.4, 0.5) is 5.82 Å². The lowest BCUT2D eigenvalue weighted by Gasteiger charge is -2.22. The van der Waals surface area contributed by atoms with E-state index in [4.69, 9.17) is 0 Å². The van der Waals surface area contributed by atoms with Gasteiger partial charge < -0.3 is 4.90 Å². The number of sulfonamides is 1. The molecule has 0 atom stereocenters. The highest BCUT2D eigenvalue weighted by Gasteiger charge is 2.30. The fraction of sp³-hybridized carbons (Fsp3) is 0.529. The maximum atomic E-state index is 13.1. The third-order valence-corrected chi connectivity index (χ3v) is 6.45. The van der Waals surface area contributed by atoms with Gasteiger partial charge in [-0.15, -0.1) is 0 Å². The van der Waals surface area contributed by atoms with Gasteiger partial charge in [0.15, 0.2) is 0 Å². The van der Waals surface area contributed by atoms with Crippen molar-refractivity contribution in [1.82, 2.24) is 19.1 Å². The van der Waals surface area contributed by atoms with Gasteiger partial charge in [0.1, 0.15) is 10.7 Å². The zero-order valence-corrected chi connectivity index (χ0v) is 15.8. The molecule has 0 amide bonds. The van der Waals surface area contributed by atoms with E-state index in [1.807, 2.05) is 32.0 Å². The number of aromatic nitrogens is 3. The summed E-state index contributed by atoms with van der Waals surface area (Å²) in [6, 6.07) is 5.92. The maximum absolute atomic E-state index is 13.1. The molecule has 0 unspecified atom stereocenters. The van der Waals surface area contributed by atoms with Gasteiger partial charge in [0.25, 0.3) is 0 Å². The van der Waals surface area contributed by atoms with Gasteiger partial charge in [0.05, 0.1) is 5.69 Å². The fourth-order valence-electron chi connectivity index (χ4n) is 3.03. The van der Waals surface area contributed by atoms with Crippen molar-refractivity contribution in [2.75, 3.05) is 31.1 Å². The molecule has 25 heavy (non-hydrogen) atoms. The van der Waals surface area contributed by atoms with Gasteiger partial charge >= 0.3 is 0 Å². The molecule has 2 aromatic heterocycles. The summed E-state index contributed by atoms with van der Waals surface area (Å²) in [6.45, 7) is 8.12. The van der Waals surface area contributed by atoms with Crippen molar-refractivity contribution in [2.24, 2.45) is 0 Å². The lowest BCUT2D eigenvalue weighted by Crippen LogP contribution is -2.35. The molecule has 1 saturated heterocycles. The van der Waals surface area contributed by atoms with Crippen molar-refractivity contribution in [2.45, 2.75) is 38.1 Å². The second-order valence-electron chi connectivity index (χ2n) is 6.59. The van der Waals surface area contributed by atoms with E-state index in [-0.39, 0.29) is 6.04 Å². The third kappa shape index (κ3) is 3.69. The number of nitrogens with zero attached hydrogens (tertiary/aromatic N) is 5. The Morgan fingerprint density at radius 2 is 1.92 bits per heavy atom. The van der Waals surface area contributed by atoms with E-state index in [0.29, 0.717) is 30.2 Å². The van der Waals surface area contributed by atoms with Crippen molar-refractivity contribution < 1.29 is 8.42 Å². The number of hydrogen-bond donors (Lipinski definition) is 0. The molecule has 0 spiro atoms. The zero-order valence-electron chi connectivity index (χ0n) is 15.0. The zero-order chi connectivity index (χ0) is 18.0. The number of hydrogen-bond acceptors (Lipinski definition) is 5. The van der Waals surface area contributed by atoms with Crippen LogP contribution in [-0.2, 0) is 10.0 Å². The topological polar surface area (TPSA) is 71.3 Å². The number of aryl methyl sites for hydroxylation is 1. The van der Waals surface area contributed by atoms with E-state index < -0.39 is 10.0 Å². The van der Waals surface area contributed by atoms with Crippen molar-refractivity contribution >= 4 is 15.8 Å². The summed E-state index contributed by atoms with van der Waals surface area (Å²) in [5.41, 5.74) is 0.555. The fourth-order valence-corrected chi connectivity index (χ4v) is 4.65. The Kier molecular flexibility index (Phi) is 5.10. The average molecular weight is 363 g/mol. The predicted molar refractivity (Wildman–Crippen MR) is 97.2 cm³/mol. The van der Waals surface area contributed by atoms with Gasteiger partial charge in [0, 0.05) is 44.6 Å². The van der Waals surface area contributed by atoms with E-state index in [1.54, 1.807) is 28.3 Å². The molecule has 3 heterocycles. The molecule has 1 aliphatic rings. The lowest BCUT2D eigenvalue weighted by atomic mass is 10.3. The molecule has 0 bridgehead atoms. The normalized spacial score (nSPS) is 17.0. The Balaban J connectivity index is 1.80. The number of anilines is 1. The quantitative estimate of drug-likeness (QED) is 0.832. The standard InChI is InChI=1S/C17H25N5O2S/c1-14(2)22-13-16(15(3)19-22)25(23,24)21-10-6-9-20(11-12-21)17-7-4-5-8-18-17/h4-5,7-8,13-14H,6,9-12H2,1-3H3. The van der Waals surface area contributed by atoms with Crippen LogP contribution in [0.15, 0.2) is 35.5 Å². The van der Waals surface area contributed by atoms with Crippen molar-refractivity contribution in [3.63, 3.8) is 0 Å². The first kappa shape index (κ1) is 17.9. The largest absolute Gasteiger partial charge is 0.355 e. The molecule has 0 aliphatic carbocycles. The van der Waals surface area contributed by atoms with Crippen LogP contribution in [0.5, 0.6) is 0 Å². The van der Waals surface area contributed by atoms with Crippen LogP contribution in [0, 0.1) is 6.92 Å². The van der Waals surface area contributed by atoms with Gasteiger partial charge in [-0.1, -0.05) is 6.07 Å². The monoisotopic (exact) mass is 363 g/mol. The number of rotatable bonds is 4. The average Bonchev–Trinajstić information content (AvgIpc) is 2.83. The molecule has 1 aliphatic heterocycles. The summed E-state index contributed by atoms with van der Waals surface area (Å²) in [5, 5.41) is 4.35. The van der Waals surface area contributed by atoms with Crippen molar-refractivity contribution in [1.29, 1.82) is 0 Å². The van der Waals surface area contributed by atoms with Gasteiger partial charge in [-0.3, -0.25) is 4.68 Å². The Labute approximate surface area is 149 Å². The summed E-state index contributed by atoms with van der Waals surface area (Å²) in [4.78, 5) is 6.82. The van der Waals surface area contributed by atoms with Crippen LogP contribution in [0.1, 0.15) is 32.0 Å². The Morgan fingerprint density at radius 3 is 2.56 bits per heavy atom. The van der Waals surface area contributed by atoms with Crippen molar-refractivity contribution in [3.05, 3.63) is 36.3 Å². The summed E-state index contributed by atoms with van der Waals surface area (Å²) in [6.07, 6.45) is 4.18. The SMILES string of the molecule is Cc1nn(C(C)C)cc1S(=O)(=O)N1CCCN(c2ccccn2)CC1. The van der Waals surface area contributed by atoms with E-state index >= 15 is 0 Å². The van der Waals surface area contributed by atoms with Gasteiger partial charge in [0.2, 0.25) is 10.0 Å². The van der Waals surface area contributed by atoms with Crippen LogP contribution in [0.25, 0.3) is 0 Å². The summed E-state index contributed by atoms with van der Waals surface area (Å²) >= 11 is 0. The Bertz CT molecular complexity index is 817. The van der Waals surface area contributed by atoms with Crippen LogP contribution >= 0.6 is 0 Å². The summed E-state index contributed by atoms with van der Waals surface area (Å²) < 4.78 is 29.4. The molecule has 7 nitrogen and oxygen atoms in total. The summed E-state index contributed by atoms with van der Waals surface area (Å²) in [5.74, 6) is 0.894. The van der Waals surface area contributed by atoms with Gasteiger partial charge in [-0.05, 0) is 39.3 Å². The molecule has 8 heteroatoms. The first-order chi connectivity index (χ1) is 11.9. The molecular weight excluding hydrogens is 338 g/mol. The molecule has 2 aromatic rings. The Hall–Kier alpha value is -1.93. The highest BCUT2D eigenvalue weighted by atomic mass is 32.2. The van der Waals surface area contributed by atoms with Gasteiger partial charge in [-0.2, -0.15) is 9.40 Å². The molecule has 1 fully saturated rings. The molecule has 3 rings (SSSR count). The van der Waals surface area contributed by atoms with E-state index in [9.17, 15) is 8.42 Å². The van der Waals surface area contributed by atoms with Crippen molar-refractivity contribution in [3.8, 4) is 0 Å². The molecule has 0 radical (unpaired) electrons. The highest BCUT2D eigenvalue weighted by molar-refractivity contribution is 7.89. The predicted octanol–water partition coefficient (Wildman–Crippen LogP) is 2.07. The highest BCUT2D eigenvalue weighted by Crippen LogP contribution is 2.23. The minimum absolute atomic E-state index is 0.131.